The van der Waals surface area contributed by atoms with E-state index in [1.54, 1.807) is 0 Å². The highest BCUT2D eigenvalue weighted by atomic mass is 16.7. The van der Waals surface area contributed by atoms with Crippen molar-refractivity contribution >= 4 is 0 Å². The van der Waals surface area contributed by atoms with Crippen LogP contribution in [0.2, 0.25) is 0 Å². The summed E-state index contributed by atoms with van der Waals surface area (Å²) in [6.45, 7) is 2.96. The lowest BCUT2D eigenvalue weighted by Crippen LogP contribution is -2.31. The molecule has 16 heavy (non-hydrogen) atoms. The topological polar surface area (TPSA) is 53.7 Å². The number of rotatable bonds is 1. The number of ether oxygens (including phenoxy) is 3. The summed E-state index contributed by atoms with van der Waals surface area (Å²) in [4.78, 5) is 0. The fraction of sp³-hybridized carbons (Fsp3) is 0.500. The summed E-state index contributed by atoms with van der Waals surface area (Å²) >= 11 is 0. The van der Waals surface area contributed by atoms with Crippen LogP contribution in [-0.2, 0) is 11.2 Å². The molecule has 2 heterocycles. The Labute approximate surface area is 94.3 Å². The maximum atomic E-state index is 5.95. The third kappa shape index (κ3) is 1.37. The number of nitrogens with two attached hydrogens (primary N) is 1. The fourth-order valence-electron chi connectivity index (χ4n) is 2.36. The second-order valence-corrected chi connectivity index (χ2v) is 4.27. The molecular weight excluding hydrogens is 206 g/mol. The first-order valence-electron chi connectivity index (χ1n) is 5.56. The standard InChI is InChI=1S/C12H15NO3/c1-7(13)11-10-8(4-5-14-11)2-3-9-12(10)16-6-15-9/h2-3,7,11H,4-6,13H2,1H3/t7?,11-/m0/s1. The van der Waals surface area contributed by atoms with Gasteiger partial charge in [0.15, 0.2) is 11.5 Å². The first kappa shape index (κ1) is 9.93. The van der Waals surface area contributed by atoms with E-state index < -0.39 is 0 Å². The summed E-state index contributed by atoms with van der Waals surface area (Å²) < 4.78 is 16.6. The third-order valence-electron chi connectivity index (χ3n) is 3.10. The minimum Gasteiger partial charge on any atom is -0.454 e. The Balaban J connectivity index is 2.13. The Morgan fingerprint density at radius 1 is 1.38 bits per heavy atom. The van der Waals surface area contributed by atoms with E-state index >= 15 is 0 Å². The molecule has 2 aliphatic heterocycles. The lowest BCUT2D eigenvalue weighted by atomic mass is 9.93. The van der Waals surface area contributed by atoms with Gasteiger partial charge < -0.3 is 19.9 Å². The van der Waals surface area contributed by atoms with Crippen molar-refractivity contribution in [3.63, 3.8) is 0 Å². The van der Waals surface area contributed by atoms with Gasteiger partial charge in [0.1, 0.15) is 6.10 Å². The van der Waals surface area contributed by atoms with Crippen molar-refractivity contribution in [2.75, 3.05) is 13.4 Å². The monoisotopic (exact) mass is 221 g/mol. The van der Waals surface area contributed by atoms with Crippen LogP contribution in [0.15, 0.2) is 12.1 Å². The van der Waals surface area contributed by atoms with E-state index in [2.05, 4.69) is 6.07 Å². The Morgan fingerprint density at radius 2 is 2.25 bits per heavy atom. The minimum absolute atomic E-state index is 0.0465. The molecule has 0 radical (unpaired) electrons. The quantitative estimate of drug-likeness (QED) is 0.778. The van der Waals surface area contributed by atoms with E-state index in [4.69, 9.17) is 19.9 Å². The first-order valence-corrected chi connectivity index (χ1v) is 5.56. The maximum Gasteiger partial charge on any atom is 0.231 e. The molecule has 0 aliphatic carbocycles. The molecule has 4 heteroatoms. The maximum absolute atomic E-state index is 5.95. The number of hydrogen-bond donors (Lipinski definition) is 1. The molecular formula is C12H15NO3. The van der Waals surface area contributed by atoms with E-state index in [0.29, 0.717) is 0 Å². The lowest BCUT2D eigenvalue weighted by Gasteiger charge is -2.29. The van der Waals surface area contributed by atoms with Gasteiger partial charge in [-0.25, -0.2) is 0 Å². The van der Waals surface area contributed by atoms with Crippen molar-refractivity contribution in [2.45, 2.75) is 25.5 Å². The fourth-order valence-corrected chi connectivity index (χ4v) is 2.36. The average molecular weight is 221 g/mol. The number of fused-ring (bicyclic) bond motifs is 3. The molecule has 3 rings (SSSR count). The van der Waals surface area contributed by atoms with E-state index in [0.717, 1.165) is 30.1 Å². The van der Waals surface area contributed by atoms with Crippen LogP contribution in [0.25, 0.3) is 0 Å². The van der Waals surface area contributed by atoms with Crippen molar-refractivity contribution in [3.05, 3.63) is 23.3 Å². The highest BCUT2D eigenvalue weighted by molar-refractivity contribution is 5.54. The summed E-state index contributed by atoms with van der Waals surface area (Å²) in [5, 5.41) is 0. The second-order valence-electron chi connectivity index (χ2n) is 4.27. The molecule has 0 saturated carbocycles. The van der Waals surface area contributed by atoms with Gasteiger partial charge in [0, 0.05) is 11.6 Å². The van der Waals surface area contributed by atoms with Gasteiger partial charge >= 0.3 is 0 Å². The van der Waals surface area contributed by atoms with Crippen LogP contribution in [0.1, 0.15) is 24.2 Å². The molecule has 0 saturated heterocycles. The Hall–Kier alpha value is -1.26. The van der Waals surface area contributed by atoms with Crippen molar-refractivity contribution in [3.8, 4) is 11.5 Å². The summed E-state index contributed by atoms with van der Waals surface area (Å²) in [7, 11) is 0. The van der Waals surface area contributed by atoms with Gasteiger partial charge in [0.2, 0.25) is 6.79 Å². The molecule has 86 valence electrons. The van der Waals surface area contributed by atoms with Gasteiger partial charge in [-0.1, -0.05) is 6.07 Å². The van der Waals surface area contributed by atoms with Crippen LogP contribution in [0, 0.1) is 0 Å². The summed E-state index contributed by atoms with van der Waals surface area (Å²) in [6.07, 6.45) is 0.829. The zero-order valence-electron chi connectivity index (χ0n) is 9.23. The smallest absolute Gasteiger partial charge is 0.231 e. The van der Waals surface area contributed by atoms with Gasteiger partial charge in [-0.15, -0.1) is 0 Å². The second kappa shape index (κ2) is 3.64. The summed E-state index contributed by atoms with van der Waals surface area (Å²) in [5.41, 5.74) is 8.30. The molecule has 0 fully saturated rings. The SMILES string of the molecule is CC(N)[C@@H]1OCCc2ccc3c(c21)OCO3. The zero-order valence-corrected chi connectivity index (χ0v) is 9.23. The average Bonchev–Trinajstić information content (AvgIpc) is 2.76. The van der Waals surface area contributed by atoms with Gasteiger partial charge in [0.05, 0.1) is 6.61 Å². The Bertz CT molecular complexity index is 417. The lowest BCUT2D eigenvalue weighted by molar-refractivity contribution is 0.0263. The summed E-state index contributed by atoms with van der Waals surface area (Å²) in [5.74, 6) is 1.62. The molecule has 0 spiro atoms. The van der Waals surface area contributed by atoms with E-state index in [1.165, 1.54) is 5.56 Å². The largest absolute Gasteiger partial charge is 0.454 e. The van der Waals surface area contributed by atoms with E-state index in [1.807, 2.05) is 13.0 Å². The number of benzene rings is 1. The highest BCUT2D eigenvalue weighted by Crippen LogP contribution is 2.44. The van der Waals surface area contributed by atoms with Gasteiger partial charge in [-0.2, -0.15) is 0 Å². The first-order chi connectivity index (χ1) is 7.77. The van der Waals surface area contributed by atoms with Crippen LogP contribution >= 0.6 is 0 Å². The summed E-state index contributed by atoms with van der Waals surface area (Å²) in [6, 6.07) is 4.00. The van der Waals surface area contributed by atoms with E-state index in [-0.39, 0.29) is 18.9 Å². The van der Waals surface area contributed by atoms with Crippen LogP contribution in [0.3, 0.4) is 0 Å². The molecule has 2 aliphatic rings. The Morgan fingerprint density at radius 3 is 3.06 bits per heavy atom. The van der Waals surface area contributed by atoms with E-state index in [9.17, 15) is 0 Å². The number of hydrogen-bond acceptors (Lipinski definition) is 4. The zero-order chi connectivity index (χ0) is 11.1. The van der Waals surface area contributed by atoms with Crippen LogP contribution in [-0.4, -0.2) is 19.4 Å². The predicted molar refractivity (Wildman–Crippen MR) is 58.6 cm³/mol. The van der Waals surface area contributed by atoms with Crippen LogP contribution in [0.4, 0.5) is 0 Å². The molecule has 2 atom stereocenters. The predicted octanol–water partition coefficient (Wildman–Crippen LogP) is 1.38. The normalized spacial score (nSPS) is 24.0. The van der Waals surface area contributed by atoms with Gasteiger partial charge in [-0.05, 0) is 25.0 Å². The molecule has 1 aromatic rings. The van der Waals surface area contributed by atoms with Crippen molar-refractivity contribution in [1.29, 1.82) is 0 Å². The van der Waals surface area contributed by atoms with Crippen molar-refractivity contribution in [1.82, 2.24) is 0 Å². The molecule has 0 aromatic heterocycles. The minimum atomic E-state index is -0.0830. The van der Waals surface area contributed by atoms with Crippen LogP contribution in [0.5, 0.6) is 11.5 Å². The highest BCUT2D eigenvalue weighted by Gasteiger charge is 2.31. The molecule has 4 nitrogen and oxygen atoms in total. The molecule has 2 N–H and O–H groups in total. The van der Waals surface area contributed by atoms with Gasteiger partial charge in [0.25, 0.3) is 0 Å². The molecule has 0 bridgehead atoms. The van der Waals surface area contributed by atoms with Crippen LogP contribution < -0.4 is 15.2 Å². The Kier molecular flexibility index (Phi) is 2.26. The van der Waals surface area contributed by atoms with Crippen molar-refractivity contribution in [2.24, 2.45) is 5.73 Å². The van der Waals surface area contributed by atoms with Gasteiger partial charge in [-0.3, -0.25) is 0 Å². The molecule has 1 unspecified atom stereocenters. The molecule has 0 amide bonds. The third-order valence-corrected chi connectivity index (χ3v) is 3.10. The molecule has 1 aromatic carbocycles. The van der Waals surface area contributed by atoms with Crippen molar-refractivity contribution < 1.29 is 14.2 Å².